The van der Waals surface area contributed by atoms with Crippen LogP contribution in [0.2, 0.25) is 0 Å². The maximum atomic E-state index is 13.9. The van der Waals surface area contributed by atoms with Crippen molar-refractivity contribution in [1.82, 2.24) is 10.3 Å². The zero-order chi connectivity index (χ0) is 17.1. The number of nitrogens with one attached hydrogen (secondary N) is 2. The molecular weight excluding hydrogens is 336 g/mol. The Kier molecular flexibility index (Phi) is 5.06. The van der Waals surface area contributed by atoms with E-state index in [4.69, 9.17) is 4.74 Å². The minimum absolute atomic E-state index is 0.360. The molecule has 0 spiro atoms. The van der Waals surface area contributed by atoms with Gasteiger partial charge in [-0.05, 0) is 44.0 Å². The molecule has 0 aliphatic carbocycles. The van der Waals surface area contributed by atoms with Crippen molar-refractivity contribution in [3.05, 3.63) is 40.4 Å². The Labute approximate surface area is 142 Å². The Morgan fingerprint density at radius 3 is 2.75 bits per heavy atom. The fourth-order valence-electron chi connectivity index (χ4n) is 2.74. The van der Waals surface area contributed by atoms with E-state index in [2.05, 4.69) is 15.6 Å². The third-order valence-corrected chi connectivity index (χ3v) is 5.05. The van der Waals surface area contributed by atoms with Crippen LogP contribution in [0.25, 0.3) is 0 Å². The number of rotatable bonds is 4. The van der Waals surface area contributed by atoms with Crippen LogP contribution in [0.4, 0.5) is 13.9 Å². The number of methoxy groups -OCH3 is 1. The smallest absolute Gasteiger partial charge is 0.264 e. The number of amides is 1. The normalized spacial score (nSPS) is 15.3. The van der Waals surface area contributed by atoms with Crippen LogP contribution in [0.3, 0.4) is 0 Å². The van der Waals surface area contributed by atoms with Crippen molar-refractivity contribution in [2.24, 2.45) is 0 Å². The molecule has 1 aromatic heterocycles. The second-order valence-corrected chi connectivity index (χ2v) is 6.55. The largest absolute Gasteiger partial charge is 0.493 e. The second kappa shape index (κ2) is 7.23. The van der Waals surface area contributed by atoms with E-state index in [1.807, 2.05) is 0 Å². The first kappa shape index (κ1) is 16.8. The molecule has 3 rings (SSSR count). The number of thiazole rings is 1. The highest BCUT2D eigenvalue weighted by Gasteiger charge is 2.23. The lowest BCUT2D eigenvalue weighted by molar-refractivity contribution is 0.101. The molecule has 1 aromatic carbocycles. The molecular formula is C16H17F2N3O2S. The molecule has 24 heavy (non-hydrogen) atoms. The molecule has 2 aromatic rings. The highest BCUT2D eigenvalue weighted by molar-refractivity contribution is 7.15. The summed E-state index contributed by atoms with van der Waals surface area (Å²) in [6, 6.07) is 1.82. The molecule has 2 N–H and O–H groups in total. The van der Waals surface area contributed by atoms with Crippen LogP contribution in [0, 0.1) is 11.6 Å². The lowest BCUT2D eigenvalue weighted by Crippen LogP contribution is -2.26. The number of nitrogens with zero attached hydrogens (tertiary/aromatic N) is 1. The second-order valence-electron chi connectivity index (χ2n) is 5.48. The summed E-state index contributed by atoms with van der Waals surface area (Å²) in [5.74, 6) is -2.42. The minimum Gasteiger partial charge on any atom is -0.493 e. The van der Waals surface area contributed by atoms with Gasteiger partial charge in [0, 0.05) is 11.1 Å². The summed E-state index contributed by atoms with van der Waals surface area (Å²) in [6.07, 6.45) is 3.76. The van der Waals surface area contributed by atoms with Gasteiger partial charge in [-0.25, -0.2) is 13.8 Å². The Balaban J connectivity index is 1.78. The van der Waals surface area contributed by atoms with Gasteiger partial charge in [-0.15, -0.1) is 11.3 Å². The number of benzene rings is 1. The molecule has 0 atom stereocenters. The summed E-state index contributed by atoms with van der Waals surface area (Å²) in [7, 11) is 1.19. The first-order valence-electron chi connectivity index (χ1n) is 7.60. The molecule has 1 amide bonds. The number of piperidine rings is 1. The molecule has 1 aliphatic rings. The monoisotopic (exact) mass is 353 g/mol. The highest BCUT2D eigenvalue weighted by atomic mass is 32.1. The topological polar surface area (TPSA) is 63.2 Å². The fraction of sp³-hybridized carbons (Fsp3) is 0.375. The van der Waals surface area contributed by atoms with Gasteiger partial charge in [-0.2, -0.15) is 0 Å². The van der Waals surface area contributed by atoms with Crippen molar-refractivity contribution < 1.29 is 18.3 Å². The average molecular weight is 353 g/mol. The van der Waals surface area contributed by atoms with Gasteiger partial charge >= 0.3 is 0 Å². The van der Waals surface area contributed by atoms with Gasteiger partial charge in [0.05, 0.1) is 7.11 Å². The van der Waals surface area contributed by atoms with Gasteiger partial charge in [-0.3, -0.25) is 10.1 Å². The molecule has 5 nitrogen and oxygen atoms in total. The molecule has 2 heterocycles. The summed E-state index contributed by atoms with van der Waals surface area (Å²) in [6.45, 7) is 1.91. The molecule has 1 fully saturated rings. The Morgan fingerprint density at radius 1 is 1.33 bits per heavy atom. The quantitative estimate of drug-likeness (QED) is 0.886. The molecule has 8 heteroatoms. The average Bonchev–Trinajstić information content (AvgIpc) is 3.05. The van der Waals surface area contributed by atoms with Crippen molar-refractivity contribution >= 4 is 22.4 Å². The SMILES string of the molecule is COc1c(F)ccc(F)c1C(=O)Nc1ncc(C2CCNCC2)s1. The zero-order valence-electron chi connectivity index (χ0n) is 13.1. The first-order valence-corrected chi connectivity index (χ1v) is 8.41. The van der Waals surface area contributed by atoms with Crippen LogP contribution in [0.5, 0.6) is 5.75 Å². The summed E-state index contributed by atoms with van der Waals surface area (Å²) in [5.41, 5.74) is -0.462. The van der Waals surface area contributed by atoms with Crippen LogP contribution >= 0.6 is 11.3 Å². The molecule has 0 bridgehead atoms. The van der Waals surface area contributed by atoms with Crippen LogP contribution < -0.4 is 15.4 Å². The molecule has 0 unspecified atom stereocenters. The Morgan fingerprint density at radius 2 is 2.04 bits per heavy atom. The lowest BCUT2D eigenvalue weighted by atomic mass is 9.97. The summed E-state index contributed by atoms with van der Waals surface area (Å²) in [4.78, 5) is 17.6. The zero-order valence-corrected chi connectivity index (χ0v) is 13.9. The molecule has 128 valence electrons. The molecule has 0 radical (unpaired) electrons. The Hall–Kier alpha value is -2.06. The maximum Gasteiger partial charge on any atom is 0.264 e. The Bertz CT molecular complexity index is 745. The third kappa shape index (κ3) is 3.39. The molecule has 1 aliphatic heterocycles. The van der Waals surface area contributed by atoms with Crippen molar-refractivity contribution in [2.75, 3.05) is 25.5 Å². The van der Waals surface area contributed by atoms with E-state index in [0.717, 1.165) is 42.9 Å². The predicted molar refractivity (Wildman–Crippen MR) is 87.8 cm³/mol. The predicted octanol–water partition coefficient (Wildman–Crippen LogP) is 3.15. The number of carbonyl (C=O) groups is 1. The van der Waals surface area contributed by atoms with Gasteiger partial charge in [0.15, 0.2) is 16.7 Å². The summed E-state index contributed by atoms with van der Waals surface area (Å²) < 4.78 is 32.4. The van der Waals surface area contributed by atoms with Gasteiger partial charge in [0.2, 0.25) is 0 Å². The van der Waals surface area contributed by atoms with E-state index in [9.17, 15) is 13.6 Å². The first-order chi connectivity index (χ1) is 11.6. The van der Waals surface area contributed by atoms with Gasteiger partial charge in [0.25, 0.3) is 5.91 Å². The third-order valence-electron chi connectivity index (χ3n) is 3.98. The van der Waals surface area contributed by atoms with E-state index < -0.39 is 28.9 Å². The number of aromatic nitrogens is 1. The van der Waals surface area contributed by atoms with E-state index >= 15 is 0 Å². The summed E-state index contributed by atoms with van der Waals surface area (Å²) in [5, 5.41) is 6.18. The minimum atomic E-state index is -0.846. The highest BCUT2D eigenvalue weighted by Crippen LogP contribution is 2.32. The van der Waals surface area contributed by atoms with Gasteiger partial charge in [-0.1, -0.05) is 0 Å². The van der Waals surface area contributed by atoms with E-state index in [0.29, 0.717) is 11.0 Å². The number of anilines is 1. The number of halogens is 2. The molecule has 0 saturated carbocycles. The van der Waals surface area contributed by atoms with Crippen molar-refractivity contribution in [3.63, 3.8) is 0 Å². The van der Waals surface area contributed by atoms with E-state index in [1.165, 1.54) is 18.4 Å². The lowest BCUT2D eigenvalue weighted by Gasteiger charge is -2.20. The maximum absolute atomic E-state index is 13.9. The van der Waals surface area contributed by atoms with Crippen molar-refractivity contribution in [2.45, 2.75) is 18.8 Å². The summed E-state index contributed by atoms with van der Waals surface area (Å²) >= 11 is 1.36. The van der Waals surface area contributed by atoms with Crippen molar-refractivity contribution in [3.8, 4) is 5.75 Å². The number of carbonyl (C=O) groups excluding carboxylic acids is 1. The van der Waals surface area contributed by atoms with E-state index in [-0.39, 0.29) is 0 Å². The van der Waals surface area contributed by atoms with Crippen LogP contribution in [-0.2, 0) is 0 Å². The standard InChI is InChI=1S/C16H17F2N3O2S/c1-23-14-11(18)3-2-10(17)13(14)15(22)21-16-20-8-12(24-16)9-4-6-19-7-5-9/h2-3,8-9,19H,4-7H2,1H3,(H,20,21,22). The van der Waals surface area contributed by atoms with E-state index in [1.54, 1.807) is 6.20 Å². The number of hydrogen-bond acceptors (Lipinski definition) is 5. The van der Waals surface area contributed by atoms with Crippen LogP contribution in [-0.4, -0.2) is 31.1 Å². The fourth-order valence-corrected chi connectivity index (χ4v) is 3.72. The van der Waals surface area contributed by atoms with Crippen molar-refractivity contribution in [1.29, 1.82) is 0 Å². The number of hydrogen-bond donors (Lipinski definition) is 2. The van der Waals surface area contributed by atoms with Crippen LogP contribution in [0.15, 0.2) is 18.3 Å². The van der Waals surface area contributed by atoms with Gasteiger partial charge in [0.1, 0.15) is 11.4 Å². The number of ether oxygens (including phenoxy) is 1. The van der Waals surface area contributed by atoms with Gasteiger partial charge < -0.3 is 10.1 Å². The van der Waals surface area contributed by atoms with Crippen LogP contribution in [0.1, 0.15) is 34.0 Å². The molecule has 1 saturated heterocycles.